The van der Waals surface area contributed by atoms with Crippen molar-refractivity contribution in [2.75, 3.05) is 6.54 Å². The number of halogens is 2. The third-order valence-corrected chi connectivity index (χ3v) is 2.57. The van der Waals surface area contributed by atoms with Crippen molar-refractivity contribution >= 4 is 5.97 Å². The van der Waals surface area contributed by atoms with E-state index in [1.54, 1.807) is 12.4 Å². The molecule has 5 nitrogen and oxygen atoms in total. The van der Waals surface area contributed by atoms with Crippen LogP contribution in [-0.2, 0) is 16.1 Å². The van der Waals surface area contributed by atoms with Crippen molar-refractivity contribution in [3.05, 3.63) is 23.8 Å². The summed E-state index contributed by atoms with van der Waals surface area (Å²) in [6.07, 6.45) is 1.88. The molecule has 1 atom stereocenters. The lowest BCUT2D eigenvalue weighted by Gasteiger charge is -2.09. The van der Waals surface area contributed by atoms with E-state index in [0.717, 1.165) is 5.69 Å². The van der Waals surface area contributed by atoms with Crippen molar-refractivity contribution in [3.63, 3.8) is 0 Å². The highest BCUT2D eigenvalue weighted by Crippen LogP contribution is 2.30. The predicted molar refractivity (Wildman–Crippen MR) is 57.9 cm³/mol. The van der Waals surface area contributed by atoms with Crippen LogP contribution in [0.15, 0.2) is 12.4 Å². The van der Waals surface area contributed by atoms with E-state index in [9.17, 15) is 13.6 Å². The smallest absolute Gasteiger partial charge is 0.377 e. The molecule has 1 aliphatic heterocycles. The van der Waals surface area contributed by atoms with Crippen LogP contribution in [0.3, 0.4) is 0 Å². The molecule has 0 aliphatic carbocycles. The number of esters is 1. The van der Waals surface area contributed by atoms with Crippen LogP contribution in [0.25, 0.3) is 0 Å². The van der Waals surface area contributed by atoms with Crippen LogP contribution < -0.4 is 5.32 Å². The van der Waals surface area contributed by atoms with E-state index in [4.69, 9.17) is 0 Å². The molecule has 7 heteroatoms. The lowest BCUT2D eigenvalue weighted by Crippen LogP contribution is -2.27. The number of alkyl halides is 2. The molecule has 1 fully saturated rings. The molecule has 0 aromatic carbocycles. The highest BCUT2D eigenvalue weighted by molar-refractivity contribution is 5.79. The molecule has 0 radical (unpaired) electrons. The van der Waals surface area contributed by atoms with Crippen LogP contribution in [0.1, 0.15) is 17.8 Å². The number of ether oxygens (including phenoxy) is 1. The second-order valence-electron chi connectivity index (χ2n) is 4.22. The summed E-state index contributed by atoms with van der Waals surface area (Å²) < 4.78 is 30.3. The van der Waals surface area contributed by atoms with Gasteiger partial charge in [-0.25, -0.2) is 4.79 Å². The Morgan fingerprint density at radius 1 is 1.50 bits per heavy atom. The molecule has 1 aromatic rings. The van der Waals surface area contributed by atoms with Gasteiger partial charge < -0.3 is 10.1 Å². The summed E-state index contributed by atoms with van der Waals surface area (Å²) in [7, 11) is 0. The van der Waals surface area contributed by atoms with Crippen LogP contribution in [0.2, 0.25) is 0 Å². The Hall–Kier alpha value is -1.63. The Bertz CT molecular complexity index is 436. The van der Waals surface area contributed by atoms with Gasteiger partial charge in [0.2, 0.25) is 0 Å². The van der Waals surface area contributed by atoms with Crippen LogP contribution in [0.4, 0.5) is 8.78 Å². The van der Waals surface area contributed by atoms with Crippen molar-refractivity contribution in [3.8, 4) is 0 Å². The van der Waals surface area contributed by atoms with Gasteiger partial charge in [0, 0.05) is 25.5 Å². The minimum atomic E-state index is -3.35. The molecular formula is C11H13F2N3O2. The summed E-state index contributed by atoms with van der Waals surface area (Å²) in [6, 6.07) is 0. The molecule has 2 heterocycles. The minimum absolute atomic E-state index is 0.177. The predicted octanol–water partition coefficient (Wildman–Crippen LogP) is 0.825. The van der Waals surface area contributed by atoms with Gasteiger partial charge in [-0.15, -0.1) is 0 Å². The fourth-order valence-electron chi connectivity index (χ4n) is 1.63. The van der Waals surface area contributed by atoms with E-state index in [-0.39, 0.29) is 6.54 Å². The molecule has 0 spiro atoms. The molecule has 1 N–H and O–H groups in total. The van der Waals surface area contributed by atoms with E-state index < -0.39 is 24.4 Å². The Balaban J connectivity index is 1.77. The third kappa shape index (κ3) is 2.98. The quantitative estimate of drug-likeness (QED) is 0.809. The third-order valence-electron chi connectivity index (χ3n) is 2.57. The first kappa shape index (κ1) is 12.8. The van der Waals surface area contributed by atoms with Crippen molar-refractivity contribution in [2.24, 2.45) is 0 Å². The maximum absolute atomic E-state index is 12.9. The number of aromatic nitrogens is 2. The van der Waals surface area contributed by atoms with Gasteiger partial charge in [-0.3, -0.25) is 9.97 Å². The van der Waals surface area contributed by atoms with Gasteiger partial charge in [-0.05, 0) is 6.92 Å². The SMILES string of the molecule is Cc1cnc(CNCC2CC(F)(F)C(=O)O2)cn1. The second kappa shape index (κ2) is 4.93. The molecule has 1 unspecified atom stereocenters. The Kier molecular flexibility index (Phi) is 3.51. The second-order valence-corrected chi connectivity index (χ2v) is 4.22. The van der Waals surface area contributed by atoms with Crippen molar-refractivity contribution in [1.82, 2.24) is 15.3 Å². The highest BCUT2D eigenvalue weighted by atomic mass is 19.3. The molecule has 1 aromatic heterocycles. The number of cyclic esters (lactones) is 1. The summed E-state index contributed by atoms with van der Waals surface area (Å²) >= 11 is 0. The minimum Gasteiger partial charge on any atom is -0.456 e. The summed E-state index contributed by atoms with van der Waals surface area (Å²) in [6.45, 7) is 2.40. The average molecular weight is 257 g/mol. The van der Waals surface area contributed by atoms with Gasteiger partial charge in [-0.2, -0.15) is 8.78 Å². The number of hydrogen-bond acceptors (Lipinski definition) is 5. The lowest BCUT2D eigenvalue weighted by atomic mass is 10.2. The molecule has 2 rings (SSSR count). The first-order chi connectivity index (χ1) is 8.47. The van der Waals surface area contributed by atoms with E-state index in [2.05, 4.69) is 20.0 Å². The van der Waals surface area contributed by atoms with Gasteiger partial charge in [0.1, 0.15) is 6.10 Å². The van der Waals surface area contributed by atoms with Crippen LogP contribution >= 0.6 is 0 Å². The summed E-state index contributed by atoms with van der Waals surface area (Å²) in [5.74, 6) is -4.79. The van der Waals surface area contributed by atoms with Crippen LogP contribution in [0, 0.1) is 6.92 Å². The van der Waals surface area contributed by atoms with E-state index in [0.29, 0.717) is 12.2 Å². The van der Waals surface area contributed by atoms with Crippen molar-refractivity contribution in [1.29, 1.82) is 0 Å². The van der Waals surface area contributed by atoms with Gasteiger partial charge in [0.05, 0.1) is 17.8 Å². The van der Waals surface area contributed by atoms with Gasteiger partial charge in [-0.1, -0.05) is 0 Å². The number of hydrogen-bond donors (Lipinski definition) is 1. The molecule has 18 heavy (non-hydrogen) atoms. The number of rotatable bonds is 4. The van der Waals surface area contributed by atoms with Gasteiger partial charge >= 0.3 is 11.9 Å². The molecule has 1 aliphatic rings. The summed E-state index contributed by atoms with van der Waals surface area (Å²) in [4.78, 5) is 18.9. The molecule has 1 saturated heterocycles. The Labute approximate surface area is 103 Å². The maximum Gasteiger partial charge on any atom is 0.377 e. The zero-order chi connectivity index (χ0) is 13.2. The number of nitrogens with zero attached hydrogens (tertiary/aromatic N) is 2. The number of aryl methyl sites for hydroxylation is 1. The molecule has 0 bridgehead atoms. The average Bonchev–Trinajstić information content (AvgIpc) is 2.56. The fourth-order valence-corrected chi connectivity index (χ4v) is 1.63. The van der Waals surface area contributed by atoms with Crippen molar-refractivity contribution < 1.29 is 18.3 Å². The number of carbonyl (C=O) groups excluding carboxylic acids is 1. The first-order valence-electron chi connectivity index (χ1n) is 5.54. The zero-order valence-corrected chi connectivity index (χ0v) is 9.82. The number of carbonyl (C=O) groups is 1. The topological polar surface area (TPSA) is 64.1 Å². The monoisotopic (exact) mass is 257 g/mol. The van der Waals surface area contributed by atoms with Gasteiger partial charge in [0.15, 0.2) is 0 Å². The van der Waals surface area contributed by atoms with E-state index in [1.165, 1.54) is 0 Å². The molecular weight excluding hydrogens is 244 g/mol. The van der Waals surface area contributed by atoms with Crippen LogP contribution in [0.5, 0.6) is 0 Å². The Morgan fingerprint density at radius 2 is 2.28 bits per heavy atom. The van der Waals surface area contributed by atoms with Crippen molar-refractivity contribution in [2.45, 2.75) is 31.9 Å². The summed E-state index contributed by atoms with van der Waals surface area (Å²) in [5.41, 5.74) is 1.51. The zero-order valence-electron chi connectivity index (χ0n) is 9.82. The summed E-state index contributed by atoms with van der Waals surface area (Å²) in [5, 5.41) is 2.91. The lowest BCUT2D eigenvalue weighted by molar-refractivity contribution is -0.159. The Morgan fingerprint density at radius 3 is 2.83 bits per heavy atom. The highest BCUT2D eigenvalue weighted by Gasteiger charge is 2.50. The van der Waals surface area contributed by atoms with E-state index >= 15 is 0 Å². The standard InChI is InChI=1S/C11H13F2N3O2/c1-7-3-16-8(5-15-7)4-14-6-9-2-11(12,13)10(17)18-9/h3,5,9,14H,2,4,6H2,1H3. The molecule has 98 valence electrons. The van der Waals surface area contributed by atoms with Gasteiger partial charge in [0.25, 0.3) is 0 Å². The normalized spacial score (nSPS) is 21.9. The first-order valence-corrected chi connectivity index (χ1v) is 5.54. The fraction of sp³-hybridized carbons (Fsp3) is 0.545. The maximum atomic E-state index is 12.9. The molecule has 0 saturated carbocycles. The van der Waals surface area contributed by atoms with Crippen LogP contribution in [-0.4, -0.2) is 34.5 Å². The number of nitrogens with one attached hydrogen (secondary N) is 1. The molecule has 0 amide bonds. The van der Waals surface area contributed by atoms with E-state index in [1.807, 2.05) is 6.92 Å². The largest absolute Gasteiger partial charge is 0.456 e.